The van der Waals surface area contributed by atoms with E-state index in [1.807, 2.05) is 32.0 Å². The number of fused-ring (bicyclic) bond motifs is 1. The van der Waals surface area contributed by atoms with Gasteiger partial charge in [0.1, 0.15) is 0 Å². The van der Waals surface area contributed by atoms with Crippen LogP contribution < -0.4 is 14.8 Å². The molecule has 0 amide bonds. The van der Waals surface area contributed by atoms with Crippen LogP contribution in [-0.4, -0.2) is 35.0 Å². The van der Waals surface area contributed by atoms with Gasteiger partial charge in [0, 0.05) is 34.3 Å². The van der Waals surface area contributed by atoms with Crippen molar-refractivity contribution in [3.8, 4) is 11.5 Å². The van der Waals surface area contributed by atoms with Gasteiger partial charge in [0.15, 0.2) is 11.5 Å². The van der Waals surface area contributed by atoms with E-state index in [1.165, 1.54) is 0 Å². The van der Waals surface area contributed by atoms with E-state index >= 15 is 0 Å². The standard InChI is InChI=1S/C16H25NO3S/c1-4-17-14(11-21(18)12(2)3)13-6-7-15-16(10-13)20-9-5-8-19-15/h6-7,10,12,14,17H,4-5,8-9,11H2,1-3H3. The number of ether oxygens (including phenoxy) is 2. The van der Waals surface area contributed by atoms with Gasteiger partial charge < -0.3 is 14.8 Å². The van der Waals surface area contributed by atoms with Crippen molar-refractivity contribution in [2.45, 2.75) is 38.5 Å². The van der Waals surface area contributed by atoms with Crippen LogP contribution >= 0.6 is 0 Å². The number of nitrogens with one attached hydrogen (secondary N) is 1. The highest BCUT2D eigenvalue weighted by atomic mass is 32.2. The van der Waals surface area contributed by atoms with E-state index in [1.54, 1.807) is 0 Å². The van der Waals surface area contributed by atoms with Crippen molar-refractivity contribution < 1.29 is 13.7 Å². The highest BCUT2D eigenvalue weighted by molar-refractivity contribution is 7.85. The lowest BCUT2D eigenvalue weighted by atomic mass is 10.1. The summed E-state index contributed by atoms with van der Waals surface area (Å²) in [5, 5.41) is 3.59. The van der Waals surface area contributed by atoms with E-state index in [4.69, 9.17) is 9.47 Å². The third-order valence-electron chi connectivity index (χ3n) is 3.48. The normalized spacial score (nSPS) is 17.3. The zero-order valence-corrected chi connectivity index (χ0v) is 13.9. The molecule has 2 unspecified atom stereocenters. The molecular formula is C16H25NO3S. The summed E-state index contributed by atoms with van der Waals surface area (Å²) in [6.45, 7) is 8.27. The molecule has 1 heterocycles. The second kappa shape index (κ2) is 7.80. The molecule has 118 valence electrons. The summed E-state index contributed by atoms with van der Waals surface area (Å²) in [5.74, 6) is 2.21. The molecule has 1 aliphatic heterocycles. The second-order valence-corrected chi connectivity index (χ2v) is 7.50. The molecule has 0 aromatic heterocycles. The van der Waals surface area contributed by atoms with Crippen molar-refractivity contribution in [2.75, 3.05) is 25.5 Å². The molecule has 0 radical (unpaired) electrons. The molecule has 0 fully saturated rings. The summed E-state index contributed by atoms with van der Waals surface area (Å²) < 4.78 is 23.6. The summed E-state index contributed by atoms with van der Waals surface area (Å²) in [5.41, 5.74) is 1.11. The topological polar surface area (TPSA) is 47.6 Å². The van der Waals surface area contributed by atoms with E-state index in [0.29, 0.717) is 19.0 Å². The first kappa shape index (κ1) is 16.3. The number of hydrogen-bond donors (Lipinski definition) is 1. The van der Waals surface area contributed by atoms with E-state index in [9.17, 15) is 4.21 Å². The number of hydrogen-bond acceptors (Lipinski definition) is 4. The van der Waals surface area contributed by atoms with Crippen LogP contribution in [0, 0.1) is 0 Å². The molecule has 0 spiro atoms. The fourth-order valence-corrected chi connectivity index (χ4v) is 3.30. The van der Waals surface area contributed by atoms with Crippen molar-refractivity contribution in [1.29, 1.82) is 0 Å². The smallest absolute Gasteiger partial charge is 0.161 e. The molecule has 4 nitrogen and oxygen atoms in total. The quantitative estimate of drug-likeness (QED) is 0.877. The largest absolute Gasteiger partial charge is 0.490 e. The van der Waals surface area contributed by atoms with E-state index in [-0.39, 0.29) is 11.3 Å². The molecule has 1 N–H and O–H groups in total. The van der Waals surface area contributed by atoms with Crippen LogP contribution in [0.1, 0.15) is 38.8 Å². The van der Waals surface area contributed by atoms with Gasteiger partial charge in [-0.15, -0.1) is 0 Å². The third kappa shape index (κ3) is 4.45. The average Bonchev–Trinajstić information content (AvgIpc) is 2.70. The summed E-state index contributed by atoms with van der Waals surface area (Å²) >= 11 is 0. The van der Waals surface area contributed by atoms with E-state index in [2.05, 4.69) is 12.2 Å². The van der Waals surface area contributed by atoms with E-state index < -0.39 is 10.8 Å². The van der Waals surface area contributed by atoms with Gasteiger partial charge in [0.25, 0.3) is 0 Å². The van der Waals surface area contributed by atoms with Gasteiger partial charge in [-0.3, -0.25) is 4.21 Å². The van der Waals surface area contributed by atoms with Crippen LogP contribution in [0.15, 0.2) is 18.2 Å². The first-order chi connectivity index (χ1) is 10.1. The van der Waals surface area contributed by atoms with Gasteiger partial charge >= 0.3 is 0 Å². The molecule has 1 aromatic rings. The second-order valence-electron chi connectivity index (χ2n) is 5.46. The Kier molecular flexibility index (Phi) is 6.06. The van der Waals surface area contributed by atoms with Crippen molar-refractivity contribution in [1.82, 2.24) is 5.32 Å². The molecular weight excluding hydrogens is 286 g/mol. The van der Waals surface area contributed by atoms with Gasteiger partial charge in [-0.2, -0.15) is 0 Å². The Morgan fingerprint density at radius 2 is 1.95 bits per heavy atom. The lowest BCUT2D eigenvalue weighted by molar-refractivity contribution is 0.297. The van der Waals surface area contributed by atoms with Crippen molar-refractivity contribution in [3.05, 3.63) is 23.8 Å². The van der Waals surface area contributed by atoms with Crippen LogP contribution in [-0.2, 0) is 10.8 Å². The average molecular weight is 311 g/mol. The zero-order valence-electron chi connectivity index (χ0n) is 13.1. The van der Waals surface area contributed by atoms with Gasteiger partial charge in [-0.05, 0) is 24.2 Å². The zero-order chi connectivity index (χ0) is 15.2. The fourth-order valence-electron chi connectivity index (χ4n) is 2.27. The lowest BCUT2D eigenvalue weighted by Crippen LogP contribution is -2.28. The van der Waals surface area contributed by atoms with Gasteiger partial charge in [-0.1, -0.05) is 26.8 Å². The Hall–Kier alpha value is -1.07. The van der Waals surface area contributed by atoms with Gasteiger partial charge in [-0.25, -0.2) is 0 Å². The summed E-state index contributed by atoms with van der Waals surface area (Å²) in [6.07, 6.45) is 0.901. The predicted molar refractivity (Wildman–Crippen MR) is 86.6 cm³/mol. The Labute approximate surface area is 129 Å². The van der Waals surface area contributed by atoms with Crippen LogP contribution in [0.5, 0.6) is 11.5 Å². The highest BCUT2D eigenvalue weighted by Crippen LogP contribution is 2.32. The third-order valence-corrected chi connectivity index (χ3v) is 5.19. The van der Waals surface area contributed by atoms with Crippen LogP contribution in [0.2, 0.25) is 0 Å². The minimum absolute atomic E-state index is 0.0791. The van der Waals surface area contributed by atoms with Gasteiger partial charge in [0.2, 0.25) is 0 Å². The summed E-state index contributed by atoms with van der Waals surface area (Å²) in [4.78, 5) is 0. The van der Waals surface area contributed by atoms with Crippen LogP contribution in [0.4, 0.5) is 0 Å². The lowest BCUT2D eigenvalue weighted by Gasteiger charge is -2.20. The minimum Gasteiger partial charge on any atom is -0.490 e. The van der Waals surface area contributed by atoms with Crippen molar-refractivity contribution >= 4 is 10.8 Å². The molecule has 0 saturated heterocycles. The highest BCUT2D eigenvalue weighted by Gasteiger charge is 2.19. The molecule has 21 heavy (non-hydrogen) atoms. The SMILES string of the molecule is CCNC(CS(=O)C(C)C)c1ccc2c(c1)OCCCO2. The maximum atomic E-state index is 12.2. The Balaban J connectivity index is 2.19. The monoisotopic (exact) mass is 311 g/mol. The number of benzene rings is 1. The molecule has 1 aromatic carbocycles. The molecule has 1 aliphatic rings. The van der Waals surface area contributed by atoms with Crippen LogP contribution in [0.25, 0.3) is 0 Å². The van der Waals surface area contributed by atoms with Crippen LogP contribution in [0.3, 0.4) is 0 Å². The summed E-state index contributed by atoms with van der Waals surface area (Å²) in [6, 6.07) is 6.10. The molecule has 0 saturated carbocycles. The molecule has 2 rings (SSSR count). The van der Waals surface area contributed by atoms with E-state index in [0.717, 1.165) is 30.0 Å². The molecule has 0 bridgehead atoms. The summed E-state index contributed by atoms with van der Waals surface area (Å²) in [7, 11) is -0.844. The minimum atomic E-state index is -0.844. The Bertz CT molecular complexity index is 490. The van der Waals surface area contributed by atoms with Crippen molar-refractivity contribution in [2.24, 2.45) is 0 Å². The molecule has 5 heteroatoms. The number of rotatable bonds is 6. The Morgan fingerprint density at radius 1 is 1.24 bits per heavy atom. The predicted octanol–water partition coefficient (Wildman–Crippen LogP) is 2.66. The Morgan fingerprint density at radius 3 is 2.62 bits per heavy atom. The first-order valence-electron chi connectivity index (χ1n) is 7.62. The maximum Gasteiger partial charge on any atom is 0.161 e. The fraction of sp³-hybridized carbons (Fsp3) is 0.625. The van der Waals surface area contributed by atoms with Crippen molar-refractivity contribution in [3.63, 3.8) is 0 Å². The van der Waals surface area contributed by atoms with Gasteiger partial charge in [0.05, 0.1) is 13.2 Å². The first-order valence-corrected chi connectivity index (χ1v) is 9.00. The maximum absolute atomic E-state index is 12.2. The molecule has 0 aliphatic carbocycles. The molecule has 2 atom stereocenters.